The van der Waals surface area contributed by atoms with E-state index in [0.29, 0.717) is 6.42 Å². The van der Waals surface area contributed by atoms with E-state index in [-0.39, 0.29) is 12.1 Å². The van der Waals surface area contributed by atoms with Crippen LogP contribution in [-0.4, -0.2) is 18.6 Å². The van der Waals surface area contributed by atoms with Crippen molar-refractivity contribution >= 4 is 5.97 Å². The lowest BCUT2D eigenvalue weighted by Gasteiger charge is -2.10. The van der Waals surface area contributed by atoms with Gasteiger partial charge >= 0.3 is 5.97 Å². The van der Waals surface area contributed by atoms with Crippen molar-refractivity contribution in [3.05, 3.63) is 6.54 Å². The number of hydrogen-bond acceptors (Lipinski definition) is 3. The van der Waals surface area contributed by atoms with E-state index in [1.807, 2.05) is 6.54 Å². The van der Waals surface area contributed by atoms with Crippen LogP contribution in [0.5, 0.6) is 0 Å². The lowest BCUT2D eigenvalue weighted by atomic mass is 10.0. The maximum atomic E-state index is 11.7. The Kier molecular flexibility index (Phi) is 16.1. The van der Waals surface area contributed by atoms with E-state index in [4.69, 9.17) is 4.74 Å². The number of rotatable bonds is 18. The van der Waals surface area contributed by atoms with Gasteiger partial charge in [-0.25, -0.2) is 0 Å². The summed E-state index contributed by atoms with van der Waals surface area (Å²) in [5.41, 5.74) is 0. The Bertz CT molecular complexity index is 313. The van der Waals surface area contributed by atoms with Crippen molar-refractivity contribution in [2.75, 3.05) is 6.54 Å². The Balaban J connectivity index is 1.70. The predicted octanol–water partition coefficient (Wildman–Crippen LogP) is 6.70. The minimum absolute atomic E-state index is 0.0162. The summed E-state index contributed by atoms with van der Waals surface area (Å²) in [7, 11) is 0. The number of esters is 1. The summed E-state index contributed by atoms with van der Waals surface area (Å²) >= 11 is 0. The summed E-state index contributed by atoms with van der Waals surface area (Å²) in [6, 6.07) is 0. The third kappa shape index (κ3) is 14.6. The van der Waals surface area contributed by atoms with Crippen LogP contribution in [0, 0.1) is 6.54 Å². The molecule has 0 aromatic rings. The molecular formula is C23H44NO2. The van der Waals surface area contributed by atoms with Crippen molar-refractivity contribution in [3.8, 4) is 0 Å². The summed E-state index contributed by atoms with van der Waals surface area (Å²) in [6.45, 7) is 5.04. The van der Waals surface area contributed by atoms with Gasteiger partial charge in [-0.15, -0.1) is 0 Å². The number of carbonyl (C=O) groups excluding carboxylic acids is 1. The number of unbranched alkanes of at least 4 members (excludes halogenated alkanes) is 15. The van der Waals surface area contributed by atoms with Crippen LogP contribution in [0.3, 0.4) is 0 Å². The largest absolute Gasteiger partial charge is 0.461 e. The normalized spacial score (nSPS) is 16.9. The summed E-state index contributed by atoms with van der Waals surface area (Å²) in [5, 5.41) is 3.10. The van der Waals surface area contributed by atoms with E-state index in [1.165, 1.54) is 96.3 Å². The lowest BCUT2D eigenvalue weighted by molar-refractivity contribution is -0.148. The number of carbonyl (C=O) groups is 1. The molecule has 3 heteroatoms. The fraction of sp³-hybridized carbons (Fsp3) is 0.913. The summed E-state index contributed by atoms with van der Waals surface area (Å²) in [6.07, 6.45) is 23.3. The van der Waals surface area contributed by atoms with Crippen LogP contribution in [0.15, 0.2) is 0 Å². The maximum Gasteiger partial charge on any atom is 0.306 e. The fourth-order valence-corrected chi connectivity index (χ4v) is 3.66. The predicted molar refractivity (Wildman–Crippen MR) is 111 cm³/mol. The number of hydrogen-bond donors (Lipinski definition) is 1. The van der Waals surface area contributed by atoms with Crippen LogP contribution in [0.4, 0.5) is 0 Å². The first-order valence-corrected chi connectivity index (χ1v) is 11.6. The molecule has 1 aliphatic rings. The summed E-state index contributed by atoms with van der Waals surface area (Å²) < 4.78 is 5.40. The van der Waals surface area contributed by atoms with Gasteiger partial charge in [0.2, 0.25) is 0 Å². The van der Waals surface area contributed by atoms with Crippen molar-refractivity contribution < 1.29 is 9.53 Å². The average Bonchev–Trinajstić information content (AvgIpc) is 3.14. The van der Waals surface area contributed by atoms with Gasteiger partial charge < -0.3 is 10.1 Å². The minimum atomic E-state index is -0.0162. The molecule has 0 aromatic carbocycles. The minimum Gasteiger partial charge on any atom is -0.461 e. The quantitative estimate of drug-likeness (QED) is 0.216. The van der Waals surface area contributed by atoms with E-state index in [9.17, 15) is 4.79 Å². The van der Waals surface area contributed by atoms with Gasteiger partial charge in [-0.3, -0.25) is 4.79 Å². The van der Waals surface area contributed by atoms with Gasteiger partial charge in [0.1, 0.15) is 6.10 Å². The van der Waals surface area contributed by atoms with Crippen LogP contribution < -0.4 is 5.32 Å². The van der Waals surface area contributed by atoms with Gasteiger partial charge in [-0.2, -0.15) is 0 Å². The van der Waals surface area contributed by atoms with E-state index < -0.39 is 0 Å². The molecule has 0 aromatic heterocycles. The van der Waals surface area contributed by atoms with Gasteiger partial charge in [0.05, 0.1) is 0 Å². The molecule has 1 unspecified atom stereocenters. The highest BCUT2D eigenvalue weighted by atomic mass is 16.5. The molecule has 1 fully saturated rings. The van der Waals surface area contributed by atoms with Gasteiger partial charge in [-0.1, -0.05) is 103 Å². The zero-order chi connectivity index (χ0) is 18.7. The Morgan fingerprint density at radius 2 is 1.27 bits per heavy atom. The average molecular weight is 367 g/mol. The molecule has 1 N–H and O–H groups in total. The van der Waals surface area contributed by atoms with E-state index in [2.05, 4.69) is 12.2 Å². The van der Waals surface area contributed by atoms with Crippen molar-refractivity contribution in [3.63, 3.8) is 0 Å². The molecule has 1 radical (unpaired) electrons. The molecule has 153 valence electrons. The van der Waals surface area contributed by atoms with Crippen LogP contribution in [0.1, 0.15) is 122 Å². The van der Waals surface area contributed by atoms with Crippen molar-refractivity contribution in [1.82, 2.24) is 5.32 Å². The first-order valence-electron chi connectivity index (χ1n) is 11.6. The highest BCUT2D eigenvalue weighted by Crippen LogP contribution is 2.14. The molecule has 0 amide bonds. The molecule has 1 aliphatic heterocycles. The van der Waals surface area contributed by atoms with Crippen molar-refractivity contribution in [1.29, 1.82) is 0 Å². The second kappa shape index (κ2) is 17.8. The van der Waals surface area contributed by atoms with E-state index in [1.54, 1.807) is 0 Å². The van der Waals surface area contributed by atoms with Crippen molar-refractivity contribution in [2.24, 2.45) is 0 Å². The van der Waals surface area contributed by atoms with E-state index >= 15 is 0 Å². The zero-order valence-electron chi connectivity index (χ0n) is 17.4. The molecule has 26 heavy (non-hydrogen) atoms. The molecular weight excluding hydrogens is 322 g/mol. The van der Waals surface area contributed by atoms with Crippen LogP contribution in [0.2, 0.25) is 0 Å². The van der Waals surface area contributed by atoms with Gasteiger partial charge in [0, 0.05) is 25.9 Å². The first-order chi connectivity index (χ1) is 12.8. The molecule has 0 saturated carbocycles. The summed E-state index contributed by atoms with van der Waals surface area (Å²) in [4.78, 5) is 11.7. The number of ether oxygens (including phenoxy) is 1. The maximum absolute atomic E-state index is 11.7. The van der Waals surface area contributed by atoms with Gasteiger partial charge in [0.25, 0.3) is 0 Å². The number of nitrogens with one attached hydrogen (secondary N) is 1. The van der Waals surface area contributed by atoms with Crippen LogP contribution >= 0.6 is 0 Å². The smallest absolute Gasteiger partial charge is 0.306 e. The molecule has 1 heterocycles. The standard InChI is InChI=1S/C23H44NO2/c1-2-3-4-5-6-7-8-9-10-11-12-13-14-15-16-17-18-23(25)26-22-19-20-24-21-22/h20,22,24H,2-19,21H2,1H3. The highest BCUT2D eigenvalue weighted by molar-refractivity contribution is 5.69. The SMILES string of the molecule is CCCCCCCCCCCCCCCCCCC(=O)OC1C[CH]NC1. The molecule has 0 spiro atoms. The molecule has 1 rings (SSSR count). The summed E-state index contributed by atoms with van der Waals surface area (Å²) in [5.74, 6) is -0.0162. The van der Waals surface area contributed by atoms with Crippen LogP contribution in [-0.2, 0) is 9.53 Å². The Labute approximate surface area is 163 Å². The van der Waals surface area contributed by atoms with Crippen molar-refractivity contribution in [2.45, 2.75) is 129 Å². The second-order valence-corrected chi connectivity index (χ2v) is 8.01. The Morgan fingerprint density at radius 3 is 1.69 bits per heavy atom. The third-order valence-corrected chi connectivity index (χ3v) is 5.40. The topological polar surface area (TPSA) is 38.3 Å². The third-order valence-electron chi connectivity index (χ3n) is 5.40. The lowest BCUT2D eigenvalue weighted by Crippen LogP contribution is -2.20. The Hall–Kier alpha value is -0.570. The first kappa shape index (κ1) is 23.5. The van der Waals surface area contributed by atoms with Gasteiger partial charge in [0.15, 0.2) is 0 Å². The van der Waals surface area contributed by atoms with Gasteiger partial charge in [-0.05, 0) is 6.42 Å². The fourth-order valence-electron chi connectivity index (χ4n) is 3.66. The van der Waals surface area contributed by atoms with Crippen LogP contribution in [0.25, 0.3) is 0 Å². The molecule has 1 atom stereocenters. The monoisotopic (exact) mass is 366 g/mol. The zero-order valence-corrected chi connectivity index (χ0v) is 17.4. The molecule has 0 aliphatic carbocycles. The van der Waals surface area contributed by atoms with E-state index in [0.717, 1.165) is 19.4 Å². The molecule has 3 nitrogen and oxygen atoms in total. The Morgan fingerprint density at radius 1 is 0.808 bits per heavy atom. The molecule has 0 bridgehead atoms. The highest BCUT2D eigenvalue weighted by Gasteiger charge is 2.18. The molecule has 1 saturated heterocycles. The second-order valence-electron chi connectivity index (χ2n) is 8.01.